The molecule has 0 radical (unpaired) electrons. The third-order valence-corrected chi connectivity index (χ3v) is 4.24. The first-order valence-corrected chi connectivity index (χ1v) is 8.30. The molecule has 0 aliphatic carbocycles. The van der Waals surface area contributed by atoms with Gasteiger partial charge in [-0.3, -0.25) is 9.78 Å². The number of nitrogens with zero attached hydrogens (tertiary/aromatic N) is 1. The van der Waals surface area contributed by atoms with Crippen LogP contribution in [0.2, 0.25) is 0 Å². The minimum Gasteiger partial charge on any atom is -0.480 e. The van der Waals surface area contributed by atoms with Gasteiger partial charge in [-0.2, -0.15) is 13.2 Å². The summed E-state index contributed by atoms with van der Waals surface area (Å²) < 4.78 is 39.5. The zero-order valence-electron chi connectivity index (χ0n) is 14.4. The molecule has 144 valence electrons. The van der Waals surface area contributed by atoms with Crippen LogP contribution >= 0.6 is 0 Å². The van der Waals surface area contributed by atoms with Crippen molar-refractivity contribution in [3.05, 3.63) is 77.5 Å². The average Bonchev–Trinajstić information content (AvgIpc) is 2.66. The maximum Gasteiger partial charge on any atom is 0.416 e. The first-order valence-electron chi connectivity index (χ1n) is 8.30. The van der Waals surface area contributed by atoms with Gasteiger partial charge in [0.2, 0.25) is 0 Å². The number of hydrogen-bond donors (Lipinski definition) is 2. The summed E-state index contributed by atoms with van der Waals surface area (Å²) in [4.78, 5) is 28.3. The van der Waals surface area contributed by atoms with Gasteiger partial charge < -0.3 is 10.4 Å². The average molecular weight is 388 g/mol. The van der Waals surface area contributed by atoms with Crippen molar-refractivity contribution in [2.45, 2.75) is 18.6 Å². The molecule has 8 heteroatoms. The Morgan fingerprint density at radius 2 is 1.71 bits per heavy atom. The second-order valence-corrected chi connectivity index (χ2v) is 6.10. The molecule has 5 nitrogen and oxygen atoms in total. The Kier molecular flexibility index (Phi) is 5.30. The van der Waals surface area contributed by atoms with Gasteiger partial charge in [0.15, 0.2) is 0 Å². The number of rotatable bonds is 5. The molecule has 1 atom stereocenters. The topological polar surface area (TPSA) is 79.3 Å². The highest BCUT2D eigenvalue weighted by Crippen LogP contribution is 2.32. The number of amides is 1. The van der Waals surface area contributed by atoms with Crippen molar-refractivity contribution in [2.24, 2.45) is 0 Å². The third-order valence-electron chi connectivity index (χ3n) is 4.24. The molecule has 0 spiro atoms. The Morgan fingerprint density at radius 3 is 2.43 bits per heavy atom. The lowest BCUT2D eigenvalue weighted by Crippen LogP contribution is -2.42. The van der Waals surface area contributed by atoms with E-state index >= 15 is 0 Å². The molecule has 0 bridgehead atoms. The van der Waals surface area contributed by atoms with Crippen LogP contribution in [0.3, 0.4) is 0 Å². The van der Waals surface area contributed by atoms with E-state index in [4.69, 9.17) is 0 Å². The molecule has 0 aliphatic heterocycles. The molecule has 0 unspecified atom stereocenters. The molecule has 2 N–H and O–H groups in total. The van der Waals surface area contributed by atoms with Gasteiger partial charge in [0.1, 0.15) is 6.04 Å². The second kappa shape index (κ2) is 7.67. The van der Waals surface area contributed by atoms with Gasteiger partial charge in [-0.1, -0.05) is 36.4 Å². The Balaban J connectivity index is 1.89. The second-order valence-electron chi connectivity index (χ2n) is 6.10. The number of carbonyl (C=O) groups is 2. The SMILES string of the molecule is O=C(N[C@H](Cc1ccccc1C(F)(F)F)C(=O)O)c1ccnc2ccccc12. The predicted octanol–water partition coefficient (Wildman–Crippen LogP) is 3.68. The maximum atomic E-state index is 13.2. The Hall–Kier alpha value is -3.42. The number of carbonyl (C=O) groups excluding carboxylic acids is 1. The number of halogens is 3. The van der Waals surface area contributed by atoms with E-state index in [1.54, 1.807) is 24.3 Å². The third kappa shape index (κ3) is 4.11. The molecule has 0 saturated heterocycles. The number of carboxylic acids is 1. The van der Waals surface area contributed by atoms with Crippen molar-refractivity contribution in [3.63, 3.8) is 0 Å². The lowest BCUT2D eigenvalue weighted by atomic mass is 9.99. The van der Waals surface area contributed by atoms with Crippen LogP contribution in [-0.2, 0) is 17.4 Å². The van der Waals surface area contributed by atoms with Crippen LogP contribution in [0.25, 0.3) is 10.9 Å². The number of para-hydroxylation sites is 1. The number of benzene rings is 2. The summed E-state index contributed by atoms with van der Waals surface area (Å²) in [5.41, 5.74) is -0.391. The van der Waals surface area contributed by atoms with Gasteiger partial charge in [0, 0.05) is 18.0 Å². The summed E-state index contributed by atoms with van der Waals surface area (Å²) in [5.74, 6) is -2.13. The van der Waals surface area contributed by atoms with Gasteiger partial charge in [0.05, 0.1) is 16.6 Å². The molecule has 1 heterocycles. The molecule has 1 aromatic heterocycles. The summed E-state index contributed by atoms with van der Waals surface area (Å²) in [7, 11) is 0. The normalized spacial score (nSPS) is 12.5. The standard InChI is InChI=1S/C20H15F3N2O3/c21-20(22,23)15-7-3-1-5-12(15)11-17(19(27)28)25-18(26)14-9-10-24-16-8-4-2-6-13(14)16/h1-10,17H,11H2,(H,25,26)(H,27,28)/t17-/m1/s1. The van der Waals surface area contributed by atoms with Crippen LogP contribution in [0.4, 0.5) is 13.2 Å². The fourth-order valence-corrected chi connectivity index (χ4v) is 2.92. The van der Waals surface area contributed by atoms with E-state index in [1.165, 1.54) is 30.5 Å². The predicted molar refractivity (Wildman–Crippen MR) is 95.8 cm³/mol. The highest BCUT2D eigenvalue weighted by Gasteiger charge is 2.34. The summed E-state index contributed by atoms with van der Waals surface area (Å²) in [5, 5.41) is 12.3. The van der Waals surface area contributed by atoms with E-state index in [9.17, 15) is 27.9 Å². The minimum absolute atomic E-state index is 0.195. The zero-order chi connectivity index (χ0) is 20.3. The van der Waals surface area contributed by atoms with Gasteiger partial charge in [0.25, 0.3) is 5.91 Å². The number of carboxylic acid groups (broad SMARTS) is 1. The van der Waals surface area contributed by atoms with Gasteiger partial charge >= 0.3 is 12.1 Å². The van der Waals surface area contributed by atoms with E-state index < -0.39 is 36.1 Å². The van der Waals surface area contributed by atoms with Crippen molar-refractivity contribution < 1.29 is 27.9 Å². The van der Waals surface area contributed by atoms with Crippen molar-refractivity contribution in [1.29, 1.82) is 0 Å². The van der Waals surface area contributed by atoms with Crippen LogP contribution in [0.5, 0.6) is 0 Å². The number of aromatic nitrogens is 1. The number of aliphatic carboxylic acids is 1. The fourth-order valence-electron chi connectivity index (χ4n) is 2.92. The largest absolute Gasteiger partial charge is 0.480 e. The minimum atomic E-state index is -4.62. The van der Waals surface area contributed by atoms with Gasteiger partial charge in [-0.25, -0.2) is 4.79 Å². The molecule has 0 fully saturated rings. The highest BCUT2D eigenvalue weighted by atomic mass is 19.4. The quantitative estimate of drug-likeness (QED) is 0.699. The van der Waals surface area contributed by atoms with E-state index in [1.807, 2.05) is 0 Å². The Bertz CT molecular complexity index is 1030. The van der Waals surface area contributed by atoms with Gasteiger partial charge in [-0.05, 0) is 23.8 Å². The Morgan fingerprint density at radius 1 is 1.04 bits per heavy atom. The lowest BCUT2D eigenvalue weighted by Gasteiger charge is -2.18. The molecule has 2 aromatic carbocycles. The van der Waals surface area contributed by atoms with Gasteiger partial charge in [-0.15, -0.1) is 0 Å². The molecule has 3 rings (SSSR count). The molecular weight excluding hydrogens is 373 g/mol. The van der Waals surface area contributed by atoms with Crippen LogP contribution < -0.4 is 5.32 Å². The van der Waals surface area contributed by atoms with Crippen LogP contribution in [0, 0.1) is 0 Å². The van der Waals surface area contributed by atoms with E-state index in [0.29, 0.717) is 10.9 Å². The molecule has 0 saturated carbocycles. The summed E-state index contributed by atoms with van der Waals surface area (Å²) in [6.45, 7) is 0. The summed E-state index contributed by atoms with van der Waals surface area (Å²) in [6, 6.07) is 11.4. The van der Waals surface area contributed by atoms with Crippen LogP contribution in [0.15, 0.2) is 60.8 Å². The first-order chi connectivity index (χ1) is 13.3. The number of alkyl halides is 3. The van der Waals surface area contributed by atoms with E-state index in [-0.39, 0.29) is 11.1 Å². The highest BCUT2D eigenvalue weighted by molar-refractivity contribution is 6.06. The lowest BCUT2D eigenvalue weighted by molar-refractivity contribution is -0.141. The van der Waals surface area contributed by atoms with Crippen LogP contribution in [0.1, 0.15) is 21.5 Å². The number of hydrogen-bond acceptors (Lipinski definition) is 3. The molecule has 0 aliphatic rings. The van der Waals surface area contributed by atoms with E-state index in [0.717, 1.165) is 6.07 Å². The molecular formula is C20H15F3N2O3. The first kappa shape index (κ1) is 19.3. The van der Waals surface area contributed by atoms with Crippen molar-refractivity contribution in [1.82, 2.24) is 10.3 Å². The number of fused-ring (bicyclic) bond motifs is 1. The Labute approximate surface area is 157 Å². The van der Waals surface area contributed by atoms with Crippen LogP contribution in [-0.4, -0.2) is 28.0 Å². The van der Waals surface area contributed by atoms with Crippen molar-refractivity contribution in [3.8, 4) is 0 Å². The van der Waals surface area contributed by atoms with E-state index in [2.05, 4.69) is 10.3 Å². The fraction of sp³-hybridized carbons (Fsp3) is 0.150. The smallest absolute Gasteiger partial charge is 0.416 e. The maximum absolute atomic E-state index is 13.2. The molecule has 3 aromatic rings. The zero-order valence-corrected chi connectivity index (χ0v) is 14.4. The van der Waals surface area contributed by atoms with Crippen molar-refractivity contribution >= 4 is 22.8 Å². The number of pyridine rings is 1. The molecule has 1 amide bonds. The number of nitrogens with one attached hydrogen (secondary N) is 1. The summed E-state index contributed by atoms with van der Waals surface area (Å²) in [6.07, 6.45) is -3.71. The summed E-state index contributed by atoms with van der Waals surface area (Å²) >= 11 is 0. The molecule has 28 heavy (non-hydrogen) atoms. The monoisotopic (exact) mass is 388 g/mol. The van der Waals surface area contributed by atoms with Crippen molar-refractivity contribution in [2.75, 3.05) is 0 Å².